The maximum atomic E-state index is 12.8. The SMILES string of the molecule is CCCCCCCCCC/C=C/CCCCCC(=O)OC[C@H](CO[C@@H]1O[C@H](CO[C@@H]2O[C@H](CO)[C@H](O)C(O)C2O)[C@H](O)C(O)C1O)OC(=O)CCCCCCCCC. The third-order valence-electron chi connectivity index (χ3n) is 10.7. The van der Waals surface area contributed by atoms with Gasteiger partial charge in [0.1, 0.15) is 55.4 Å². The van der Waals surface area contributed by atoms with Gasteiger partial charge in [0.25, 0.3) is 0 Å². The Morgan fingerprint density at radius 2 is 0.983 bits per heavy atom. The highest BCUT2D eigenvalue weighted by Gasteiger charge is 2.47. The van der Waals surface area contributed by atoms with Crippen molar-refractivity contribution >= 4 is 11.9 Å². The lowest BCUT2D eigenvalue weighted by Crippen LogP contribution is -2.61. The van der Waals surface area contributed by atoms with Crippen molar-refractivity contribution < 1.29 is 73.8 Å². The van der Waals surface area contributed by atoms with Crippen LogP contribution in [-0.2, 0) is 38.0 Å². The van der Waals surface area contributed by atoms with Gasteiger partial charge in [-0.3, -0.25) is 9.59 Å². The molecular weight excluding hydrogens is 756 g/mol. The minimum absolute atomic E-state index is 0.163. The number of unbranched alkanes of at least 4 members (excludes halogenated alkanes) is 17. The van der Waals surface area contributed by atoms with Gasteiger partial charge < -0.3 is 64.2 Å². The van der Waals surface area contributed by atoms with E-state index in [1.165, 1.54) is 57.8 Å². The van der Waals surface area contributed by atoms with Gasteiger partial charge in [-0.1, -0.05) is 116 Å². The molecule has 0 aromatic heterocycles. The van der Waals surface area contributed by atoms with E-state index < -0.39 is 92.7 Å². The van der Waals surface area contributed by atoms with Crippen molar-refractivity contribution in [2.75, 3.05) is 26.4 Å². The Morgan fingerprint density at radius 3 is 1.53 bits per heavy atom. The van der Waals surface area contributed by atoms with Gasteiger partial charge in [-0.25, -0.2) is 0 Å². The first-order chi connectivity index (χ1) is 28.0. The monoisotopic (exact) mass is 835 g/mol. The number of carbonyl (C=O) groups is 2. The molecule has 58 heavy (non-hydrogen) atoms. The molecule has 0 bridgehead atoms. The summed E-state index contributed by atoms with van der Waals surface area (Å²) in [5.41, 5.74) is 0. The molecule has 0 radical (unpaired) electrons. The van der Waals surface area contributed by atoms with E-state index in [0.29, 0.717) is 12.8 Å². The van der Waals surface area contributed by atoms with Gasteiger partial charge in [-0.05, 0) is 38.5 Å². The number of rotatable bonds is 33. The maximum Gasteiger partial charge on any atom is 0.306 e. The second-order valence-corrected chi connectivity index (χ2v) is 15.9. The molecule has 0 saturated carbocycles. The molecule has 11 atom stereocenters. The van der Waals surface area contributed by atoms with Crippen LogP contribution in [0.2, 0.25) is 0 Å². The minimum Gasteiger partial charge on any atom is -0.462 e. The summed E-state index contributed by atoms with van der Waals surface area (Å²) in [6.45, 7) is 2.50. The van der Waals surface area contributed by atoms with Gasteiger partial charge in [-0.2, -0.15) is 0 Å². The number of ether oxygens (including phenoxy) is 6. The van der Waals surface area contributed by atoms with Crippen LogP contribution >= 0.6 is 0 Å². The highest BCUT2D eigenvalue weighted by atomic mass is 16.7. The first-order valence-electron chi connectivity index (χ1n) is 22.3. The molecule has 7 N–H and O–H groups in total. The van der Waals surface area contributed by atoms with Gasteiger partial charge in [0, 0.05) is 12.8 Å². The summed E-state index contributed by atoms with van der Waals surface area (Å²) in [7, 11) is 0. The van der Waals surface area contributed by atoms with E-state index in [9.17, 15) is 45.3 Å². The average molecular weight is 835 g/mol. The van der Waals surface area contributed by atoms with E-state index in [1.54, 1.807) is 0 Å². The Kier molecular flexibility index (Phi) is 28.9. The Hall–Kier alpha value is -1.76. The topological polar surface area (TPSA) is 231 Å². The van der Waals surface area contributed by atoms with Crippen LogP contribution in [-0.4, -0.2) is 142 Å². The Morgan fingerprint density at radius 1 is 0.534 bits per heavy atom. The van der Waals surface area contributed by atoms with Crippen molar-refractivity contribution in [3.63, 3.8) is 0 Å². The fraction of sp³-hybridized carbons (Fsp3) is 0.907. The molecule has 340 valence electrons. The molecule has 15 nitrogen and oxygen atoms in total. The second-order valence-electron chi connectivity index (χ2n) is 15.9. The molecule has 4 unspecified atom stereocenters. The van der Waals surface area contributed by atoms with Crippen molar-refractivity contribution in [3.8, 4) is 0 Å². The maximum absolute atomic E-state index is 12.8. The lowest BCUT2D eigenvalue weighted by Gasteiger charge is -2.42. The van der Waals surface area contributed by atoms with E-state index >= 15 is 0 Å². The van der Waals surface area contributed by atoms with E-state index in [2.05, 4.69) is 26.0 Å². The predicted molar refractivity (Wildman–Crippen MR) is 215 cm³/mol. The average Bonchev–Trinajstić information content (AvgIpc) is 3.21. The first-order valence-corrected chi connectivity index (χ1v) is 22.3. The highest BCUT2D eigenvalue weighted by Crippen LogP contribution is 2.26. The molecule has 0 aromatic carbocycles. The van der Waals surface area contributed by atoms with Crippen LogP contribution in [0.25, 0.3) is 0 Å². The van der Waals surface area contributed by atoms with Gasteiger partial charge in [-0.15, -0.1) is 0 Å². The van der Waals surface area contributed by atoms with Crippen LogP contribution in [0, 0.1) is 0 Å². The van der Waals surface area contributed by atoms with Gasteiger partial charge in [0.05, 0.1) is 19.8 Å². The summed E-state index contributed by atoms with van der Waals surface area (Å²) < 4.78 is 33.3. The molecule has 2 heterocycles. The zero-order valence-electron chi connectivity index (χ0n) is 35.3. The van der Waals surface area contributed by atoms with Crippen LogP contribution in [0.15, 0.2) is 12.2 Å². The van der Waals surface area contributed by atoms with E-state index in [0.717, 1.165) is 57.8 Å². The third kappa shape index (κ3) is 21.2. The molecular formula is C43H78O15. The summed E-state index contributed by atoms with van der Waals surface area (Å²) in [5, 5.41) is 71.6. The van der Waals surface area contributed by atoms with Crippen molar-refractivity contribution in [2.45, 2.75) is 223 Å². The molecule has 15 heteroatoms. The molecule has 2 rings (SSSR count). The Bertz CT molecular complexity index is 1080. The molecule has 0 amide bonds. The third-order valence-corrected chi connectivity index (χ3v) is 10.7. The molecule has 0 spiro atoms. The zero-order chi connectivity index (χ0) is 42.5. The van der Waals surface area contributed by atoms with Crippen LogP contribution in [0.3, 0.4) is 0 Å². The minimum atomic E-state index is -1.76. The molecule has 0 aromatic rings. The van der Waals surface area contributed by atoms with Crippen molar-refractivity contribution in [1.29, 1.82) is 0 Å². The van der Waals surface area contributed by atoms with Gasteiger partial charge in [0.15, 0.2) is 18.7 Å². The summed E-state index contributed by atoms with van der Waals surface area (Å²) >= 11 is 0. The van der Waals surface area contributed by atoms with Gasteiger partial charge in [0.2, 0.25) is 0 Å². The fourth-order valence-corrected chi connectivity index (χ4v) is 6.97. The molecule has 2 aliphatic heterocycles. The number of aliphatic hydroxyl groups excluding tert-OH is 7. The number of esters is 2. The smallest absolute Gasteiger partial charge is 0.306 e. The molecule has 2 aliphatic rings. The van der Waals surface area contributed by atoms with Gasteiger partial charge >= 0.3 is 11.9 Å². The summed E-state index contributed by atoms with van der Waals surface area (Å²) in [6.07, 6.45) is 10.1. The summed E-state index contributed by atoms with van der Waals surface area (Å²) in [5.74, 6) is -0.948. The first kappa shape index (κ1) is 52.4. The molecule has 2 fully saturated rings. The largest absolute Gasteiger partial charge is 0.462 e. The Balaban J connectivity index is 1.83. The quantitative estimate of drug-likeness (QED) is 0.0278. The van der Waals surface area contributed by atoms with Crippen LogP contribution in [0.5, 0.6) is 0 Å². The number of hydrogen-bond donors (Lipinski definition) is 7. The van der Waals surface area contributed by atoms with Crippen LogP contribution in [0.1, 0.15) is 155 Å². The molecule has 0 aliphatic carbocycles. The number of hydrogen-bond acceptors (Lipinski definition) is 15. The van der Waals surface area contributed by atoms with Crippen molar-refractivity contribution in [3.05, 3.63) is 12.2 Å². The van der Waals surface area contributed by atoms with E-state index in [4.69, 9.17) is 28.4 Å². The summed E-state index contributed by atoms with van der Waals surface area (Å²) in [4.78, 5) is 25.4. The number of carbonyl (C=O) groups excluding carboxylic acids is 2. The Labute approximate surface area is 346 Å². The standard InChI is InChI=1S/C43H78O15/c1-3-5-7-9-11-12-13-14-15-16-17-18-20-21-23-25-34(45)53-28-31(56-35(46)26-24-22-19-10-8-6-4-2)29-54-42-41(52)39(50)37(48)33(58-42)30-55-43-40(51)38(49)36(47)32(27-44)57-43/h16-17,31-33,36-44,47-52H,3-15,18-30H2,1-2H3/b17-16+/t31-,32-,33-,36+,37+,38?,39?,40?,41?,42-,43-/m1/s1. The lowest BCUT2D eigenvalue weighted by molar-refractivity contribution is -0.332. The van der Waals surface area contributed by atoms with Crippen LogP contribution < -0.4 is 0 Å². The molecule has 2 saturated heterocycles. The van der Waals surface area contributed by atoms with E-state index in [1.807, 2.05) is 0 Å². The normalized spacial score (nSPS) is 28.2. The fourth-order valence-electron chi connectivity index (χ4n) is 6.97. The predicted octanol–water partition coefficient (Wildman–Crippen LogP) is 4.26. The highest BCUT2D eigenvalue weighted by molar-refractivity contribution is 5.70. The van der Waals surface area contributed by atoms with E-state index in [-0.39, 0.29) is 26.1 Å². The zero-order valence-corrected chi connectivity index (χ0v) is 35.3. The van der Waals surface area contributed by atoms with Crippen molar-refractivity contribution in [2.24, 2.45) is 0 Å². The summed E-state index contributed by atoms with van der Waals surface area (Å²) in [6, 6.07) is 0. The van der Waals surface area contributed by atoms with Crippen LogP contribution in [0.4, 0.5) is 0 Å². The number of allylic oxidation sites excluding steroid dienone is 2. The number of aliphatic hydroxyl groups is 7. The lowest BCUT2D eigenvalue weighted by atomic mass is 9.98. The van der Waals surface area contributed by atoms with Crippen molar-refractivity contribution in [1.82, 2.24) is 0 Å². The second kappa shape index (κ2) is 32.0.